The van der Waals surface area contributed by atoms with Crippen molar-refractivity contribution in [3.63, 3.8) is 0 Å². The molecule has 0 radical (unpaired) electrons. The van der Waals surface area contributed by atoms with Crippen molar-refractivity contribution >= 4 is 27.5 Å². The van der Waals surface area contributed by atoms with Gasteiger partial charge in [-0.2, -0.15) is 5.10 Å². The van der Waals surface area contributed by atoms with Crippen molar-refractivity contribution in [1.82, 2.24) is 30.1 Å². The molecule has 7 nitrogen and oxygen atoms in total. The highest BCUT2D eigenvalue weighted by atomic mass is 15.1. The smallest absolute Gasteiger partial charge is 0.116 e. The molecule has 0 saturated carbocycles. The molecule has 5 aromatic heterocycles. The van der Waals surface area contributed by atoms with Gasteiger partial charge in [0.2, 0.25) is 0 Å². The molecule has 6 rings (SSSR count). The van der Waals surface area contributed by atoms with Crippen LogP contribution in [0.1, 0.15) is 0 Å². The molecular formula is C26H21N7. The normalized spacial score (nSPS) is 11.3. The van der Waals surface area contributed by atoms with E-state index in [4.69, 9.17) is 0 Å². The molecule has 0 bridgehead atoms. The Balaban J connectivity index is 1.48. The molecule has 0 saturated heterocycles. The quantitative estimate of drug-likeness (QED) is 0.396. The molecule has 6 aromatic rings. The molecule has 0 aliphatic carbocycles. The maximum absolute atomic E-state index is 4.63. The second-order valence-electron chi connectivity index (χ2n) is 8.23. The van der Waals surface area contributed by atoms with Gasteiger partial charge in [0.25, 0.3) is 0 Å². The molecule has 2 N–H and O–H groups in total. The number of fused-ring (bicyclic) bond motifs is 2. The van der Waals surface area contributed by atoms with Gasteiger partial charge in [-0.05, 0) is 35.9 Å². The molecule has 0 aliphatic rings. The van der Waals surface area contributed by atoms with Crippen LogP contribution >= 0.6 is 0 Å². The zero-order valence-electron chi connectivity index (χ0n) is 18.2. The Labute approximate surface area is 190 Å². The average Bonchev–Trinajstić information content (AvgIpc) is 3.48. The van der Waals surface area contributed by atoms with Crippen LogP contribution in [-0.4, -0.2) is 44.2 Å². The van der Waals surface area contributed by atoms with E-state index in [1.54, 1.807) is 6.20 Å². The standard InChI is InChI=1S/C26H21N7/c1-33(2)19-8-18(12-28-13-19)16-5-6-23-21(9-16)26(32-31-23)24-10-20-22(14-29-15-25(20)30-24)17-4-3-7-27-11-17/h3-15,30H,1-2H3,(H,31,32). The van der Waals surface area contributed by atoms with Crippen LogP contribution in [0.5, 0.6) is 0 Å². The van der Waals surface area contributed by atoms with Gasteiger partial charge in [0.05, 0.1) is 34.8 Å². The van der Waals surface area contributed by atoms with Gasteiger partial charge in [0, 0.05) is 66.3 Å². The largest absolute Gasteiger partial charge is 0.376 e. The van der Waals surface area contributed by atoms with Crippen LogP contribution in [-0.2, 0) is 0 Å². The molecule has 0 unspecified atom stereocenters. The molecule has 1 aromatic carbocycles. The number of benzene rings is 1. The molecule has 0 fully saturated rings. The van der Waals surface area contributed by atoms with Crippen LogP contribution in [0.25, 0.3) is 55.4 Å². The number of H-pyrrole nitrogens is 2. The highest BCUT2D eigenvalue weighted by Gasteiger charge is 2.15. The average molecular weight is 432 g/mol. The Morgan fingerprint density at radius 2 is 1.61 bits per heavy atom. The number of hydrogen-bond acceptors (Lipinski definition) is 5. The van der Waals surface area contributed by atoms with E-state index < -0.39 is 0 Å². The van der Waals surface area contributed by atoms with Crippen LogP contribution in [0.3, 0.4) is 0 Å². The first-order valence-corrected chi connectivity index (χ1v) is 10.7. The van der Waals surface area contributed by atoms with Gasteiger partial charge < -0.3 is 9.88 Å². The van der Waals surface area contributed by atoms with Crippen LogP contribution in [0.2, 0.25) is 0 Å². The van der Waals surface area contributed by atoms with E-state index in [9.17, 15) is 0 Å². The minimum atomic E-state index is 0.872. The van der Waals surface area contributed by atoms with Crippen molar-refractivity contribution in [3.05, 3.63) is 79.6 Å². The first-order chi connectivity index (χ1) is 16.2. The zero-order chi connectivity index (χ0) is 22.4. The lowest BCUT2D eigenvalue weighted by atomic mass is 10.0. The molecule has 7 heteroatoms. The fraction of sp³-hybridized carbons (Fsp3) is 0.0769. The zero-order valence-corrected chi connectivity index (χ0v) is 18.2. The summed E-state index contributed by atoms with van der Waals surface area (Å²) >= 11 is 0. The molecule has 5 heterocycles. The highest BCUT2D eigenvalue weighted by Crippen LogP contribution is 2.34. The summed E-state index contributed by atoms with van der Waals surface area (Å²) in [7, 11) is 4.03. The van der Waals surface area contributed by atoms with Gasteiger partial charge >= 0.3 is 0 Å². The number of nitrogens with one attached hydrogen (secondary N) is 2. The van der Waals surface area contributed by atoms with Crippen LogP contribution in [0.15, 0.2) is 79.6 Å². The van der Waals surface area contributed by atoms with E-state index in [0.29, 0.717) is 0 Å². The second kappa shape index (κ2) is 7.56. The summed E-state index contributed by atoms with van der Waals surface area (Å²) in [4.78, 5) is 18.6. The molecule has 0 amide bonds. The Morgan fingerprint density at radius 1 is 0.727 bits per heavy atom. The third-order valence-electron chi connectivity index (χ3n) is 5.91. The Kier molecular flexibility index (Phi) is 4.40. The third kappa shape index (κ3) is 3.30. The van der Waals surface area contributed by atoms with Crippen LogP contribution in [0, 0.1) is 0 Å². The van der Waals surface area contributed by atoms with Crippen molar-refractivity contribution in [2.45, 2.75) is 0 Å². The topological polar surface area (TPSA) is 86.4 Å². The van der Waals surface area contributed by atoms with Crippen molar-refractivity contribution in [2.24, 2.45) is 0 Å². The summed E-state index contributed by atoms with van der Waals surface area (Å²) in [6.07, 6.45) is 11.1. The van der Waals surface area contributed by atoms with Gasteiger partial charge in [-0.15, -0.1) is 0 Å². The summed E-state index contributed by atoms with van der Waals surface area (Å²) in [5, 5.41) is 9.93. The van der Waals surface area contributed by atoms with Gasteiger partial charge in [-0.3, -0.25) is 20.1 Å². The summed E-state index contributed by atoms with van der Waals surface area (Å²) < 4.78 is 0. The van der Waals surface area contributed by atoms with Crippen LogP contribution in [0.4, 0.5) is 5.69 Å². The lowest BCUT2D eigenvalue weighted by Crippen LogP contribution is -2.08. The van der Waals surface area contributed by atoms with Gasteiger partial charge in [0.15, 0.2) is 0 Å². The molecule has 0 spiro atoms. The number of pyridine rings is 3. The summed E-state index contributed by atoms with van der Waals surface area (Å²) in [6.45, 7) is 0. The fourth-order valence-electron chi connectivity index (χ4n) is 4.16. The summed E-state index contributed by atoms with van der Waals surface area (Å²) in [5.41, 5.74) is 9.04. The number of rotatable bonds is 4. The Bertz CT molecular complexity index is 1600. The number of hydrogen-bond donors (Lipinski definition) is 2. The lowest BCUT2D eigenvalue weighted by molar-refractivity contribution is 1.11. The monoisotopic (exact) mass is 431 g/mol. The minimum absolute atomic E-state index is 0.872. The Hall–Kier alpha value is -4.52. The molecule has 0 aliphatic heterocycles. The van der Waals surface area contributed by atoms with E-state index in [0.717, 1.165) is 61.1 Å². The first-order valence-electron chi connectivity index (χ1n) is 10.7. The van der Waals surface area contributed by atoms with Crippen molar-refractivity contribution < 1.29 is 0 Å². The highest BCUT2D eigenvalue weighted by molar-refractivity contribution is 6.01. The van der Waals surface area contributed by atoms with E-state index in [1.807, 2.05) is 57.2 Å². The fourth-order valence-corrected chi connectivity index (χ4v) is 4.16. The van der Waals surface area contributed by atoms with E-state index in [2.05, 4.69) is 65.4 Å². The van der Waals surface area contributed by atoms with Gasteiger partial charge in [-0.25, -0.2) is 0 Å². The lowest BCUT2D eigenvalue weighted by Gasteiger charge is -2.13. The van der Waals surface area contributed by atoms with E-state index >= 15 is 0 Å². The molecule has 33 heavy (non-hydrogen) atoms. The van der Waals surface area contributed by atoms with Gasteiger partial charge in [-0.1, -0.05) is 12.1 Å². The van der Waals surface area contributed by atoms with Gasteiger partial charge in [0.1, 0.15) is 5.69 Å². The number of aromatic nitrogens is 6. The van der Waals surface area contributed by atoms with E-state index in [-0.39, 0.29) is 0 Å². The minimum Gasteiger partial charge on any atom is -0.376 e. The Morgan fingerprint density at radius 3 is 2.45 bits per heavy atom. The maximum atomic E-state index is 4.63. The first kappa shape index (κ1) is 19.2. The molecule has 160 valence electrons. The maximum Gasteiger partial charge on any atom is 0.116 e. The SMILES string of the molecule is CN(C)c1cncc(-c2ccc3[nH]nc(-c4cc5c(-c6cccnc6)cncc5[nH]4)c3c2)c1. The molecule has 0 atom stereocenters. The summed E-state index contributed by atoms with van der Waals surface area (Å²) in [6, 6.07) is 14.6. The predicted octanol–water partition coefficient (Wildman–Crippen LogP) is 5.30. The third-order valence-corrected chi connectivity index (χ3v) is 5.91. The van der Waals surface area contributed by atoms with Crippen molar-refractivity contribution in [1.29, 1.82) is 0 Å². The van der Waals surface area contributed by atoms with Crippen molar-refractivity contribution in [3.8, 4) is 33.6 Å². The van der Waals surface area contributed by atoms with Crippen LogP contribution < -0.4 is 4.90 Å². The predicted molar refractivity (Wildman–Crippen MR) is 132 cm³/mol. The second-order valence-corrected chi connectivity index (χ2v) is 8.23. The molecular weight excluding hydrogens is 410 g/mol. The van der Waals surface area contributed by atoms with E-state index in [1.165, 1.54) is 0 Å². The van der Waals surface area contributed by atoms with Crippen molar-refractivity contribution in [2.75, 3.05) is 19.0 Å². The number of nitrogens with zero attached hydrogens (tertiary/aromatic N) is 5. The number of aromatic amines is 2. The number of anilines is 1. The summed E-state index contributed by atoms with van der Waals surface area (Å²) in [5.74, 6) is 0.